The van der Waals surface area contributed by atoms with Gasteiger partial charge in [0.2, 0.25) is 0 Å². The van der Waals surface area contributed by atoms with Crippen molar-refractivity contribution >= 4 is 6.03 Å². The van der Waals surface area contributed by atoms with Gasteiger partial charge in [-0.05, 0) is 80.5 Å². The van der Waals surface area contributed by atoms with Crippen molar-refractivity contribution in [3.63, 3.8) is 0 Å². The van der Waals surface area contributed by atoms with E-state index < -0.39 is 0 Å². The molecule has 31 heavy (non-hydrogen) atoms. The number of benzene rings is 2. The van der Waals surface area contributed by atoms with Crippen LogP contribution in [0.3, 0.4) is 0 Å². The van der Waals surface area contributed by atoms with Gasteiger partial charge < -0.3 is 5.73 Å². The minimum atomic E-state index is -0.221. The van der Waals surface area contributed by atoms with E-state index in [1.165, 1.54) is 24.3 Å². The summed E-state index contributed by atoms with van der Waals surface area (Å²) in [6.07, 6.45) is 3.83. The first kappa shape index (κ1) is 23.4. The van der Waals surface area contributed by atoms with E-state index in [9.17, 15) is 13.6 Å². The SMILES string of the molecule is CC[N+]1(C(N)=O)CCN(CCCC(Cc2ccc(F)cc2)Cc2ccc(F)cc2)CC1. The zero-order valence-electron chi connectivity index (χ0n) is 18.4. The minimum Gasteiger partial charge on any atom is -0.319 e. The summed E-state index contributed by atoms with van der Waals surface area (Å²) < 4.78 is 26.9. The molecule has 0 unspecified atom stereocenters. The largest absolute Gasteiger partial charge is 0.414 e. The van der Waals surface area contributed by atoms with Gasteiger partial charge in [-0.1, -0.05) is 24.3 Å². The number of quaternary nitrogens is 1. The topological polar surface area (TPSA) is 46.3 Å². The first-order valence-corrected chi connectivity index (χ1v) is 11.3. The van der Waals surface area contributed by atoms with Gasteiger partial charge in [0.05, 0.1) is 6.54 Å². The van der Waals surface area contributed by atoms with Crippen LogP contribution in [0.25, 0.3) is 0 Å². The lowest BCUT2D eigenvalue weighted by Crippen LogP contribution is -2.64. The summed E-state index contributed by atoms with van der Waals surface area (Å²) in [4.78, 5) is 14.3. The van der Waals surface area contributed by atoms with Gasteiger partial charge in [-0.3, -0.25) is 4.90 Å². The fourth-order valence-corrected chi connectivity index (χ4v) is 4.59. The van der Waals surface area contributed by atoms with Crippen LogP contribution in [0.5, 0.6) is 0 Å². The van der Waals surface area contributed by atoms with Crippen molar-refractivity contribution in [1.29, 1.82) is 0 Å². The van der Waals surface area contributed by atoms with Gasteiger partial charge in [-0.15, -0.1) is 0 Å². The zero-order valence-corrected chi connectivity index (χ0v) is 18.4. The molecule has 1 aliphatic heterocycles. The Morgan fingerprint density at radius 1 is 0.968 bits per heavy atom. The first-order valence-electron chi connectivity index (χ1n) is 11.3. The van der Waals surface area contributed by atoms with Crippen LogP contribution in [-0.4, -0.2) is 54.7 Å². The van der Waals surface area contributed by atoms with E-state index in [0.717, 1.165) is 76.1 Å². The van der Waals surface area contributed by atoms with Crippen molar-refractivity contribution in [3.8, 4) is 0 Å². The van der Waals surface area contributed by atoms with Crippen LogP contribution in [0.15, 0.2) is 48.5 Å². The molecule has 0 aliphatic carbocycles. The summed E-state index contributed by atoms with van der Waals surface area (Å²) in [6, 6.07) is 13.2. The highest BCUT2D eigenvalue weighted by Gasteiger charge is 2.36. The number of rotatable bonds is 9. The minimum absolute atomic E-state index is 0.221. The Balaban J connectivity index is 1.55. The highest BCUT2D eigenvalue weighted by molar-refractivity contribution is 5.64. The van der Waals surface area contributed by atoms with Gasteiger partial charge in [-0.25, -0.2) is 18.1 Å². The van der Waals surface area contributed by atoms with Crippen molar-refractivity contribution in [2.24, 2.45) is 11.7 Å². The van der Waals surface area contributed by atoms with Gasteiger partial charge in [0.1, 0.15) is 24.7 Å². The quantitative estimate of drug-likeness (QED) is 0.600. The highest BCUT2D eigenvalue weighted by Crippen LogP contribution is 2.21. The second-order valence-corrected chi connectivity index (χ2v) is 8.76. The highest BCUT2D eigenvalue weighted by atomic mass is 19.1. The number of likely N-dealkylation sites (N-methyl/N-ethyl adjacent to an activating group) is 1. The van der Waals surface area contributed by atoms with Crippen LogP contribution in [0.2, 0.25) is 0 Å². The molecule has 3 rings (SSSR count). The molecule has 2 amide bonds. The summed E-state index contributed by atoms with van der Waals surface area (Å²) in [5.74, 6) is -0.0419. The molecule has 1 aliphatic rings. The predicted octanol–water partition coefficient (Wildman–Crippen LogP) is 4.38. The third-order valence-corrected chi connectivity index (χ3v) is 6.72. The molecule has 0 saturated carbocycles. The van der Waals surface area contributed by atoms with Crippen molar-refractivity contribution in [2.75, 3.05) is 39.3 Å². The molecule has 2 aromatic carbocycles. The lowest BCUT2D eigenvalue weighted by Gasteiger charge is -2.40. The lowest BCUT2D eigenvalue weighted by atomic mass is 9.89. The number of hydrogen-bond acceptors (Lipinski definition) is 2. The number of carbonyl (C=O) groups excluding carboxylic acids is 1. The Morgan fingerprint density at radius 2 is 1.45 bits per heavy atom. The second kappa shape index (κ2) is 10.8. The first-order chi connectivity index (χ1) is 14.9. The van der Waals surface area contributed by atoms with Crippen LogP contribution in [0.4, 0.5) is 13.6 Å². The Labute approximate surface area is 184 Å². The van der Waals surface area contributed by atoms with Crippen LogP contribution in [0, 0.1) is 17.6 Å². The summed E-state index contributed by atoms with van der Waals surface area (Å²) in [7, 11) is 0. The molecule has 6 heteroatoms. The maximum absolute atomic E-state index is 13.3. The smallest absolute Gasteiger partial charge is 0.319 e. The maximum Gasteiger partial charge on any atom is 0.414 e. The molecular formula is C25H34F2N3O+. The number of nitrogens with zero attached hydrogens (tertiary/aromatic N) is 2. The fourth-order valence-electron chi connectivity index (χ4n) is 4.59. The average Bonchev–Trinajstić information content (AvgIpc) is 2.77. The van der Waals surface area contributed by atoms with Crippen molar-refractivity contribution < 1.29 is 18.1 Å². The summed E-state index contributed by atoms with van der Waals surface area (Å²) in [5, 5.41) is 0. The van der Waals surface area contributed by atoms with Gasteiger partial charge in [0, 0.05) is 13.1 Å². The van der Waals surface area contributed by atoms with Crippen molar-refractivity contribution in [3.05, 3.63) is 71.3 Å². The number of hydrogen-bond donors (Lipinski definition) is 1. The summed E-state index contributed by atoms with van der Waals surface area (Å²) in [6.45, 7) is 7.10. The number of carbonyl (C=O) groups is 1. The van der Waals surface area contributed by atoms with Gasteiger partial charge in [0.25, 0.3) is 0 Å². The van der Waals surface area contributed by atoms with Crippen molar-refractivity contribution in [2.45, 2.75) is 32.6 Å². The Morgan fingerprint density at radius 3 is 1.87 bits per heavy atom. The Hall–Kier alpha value is -2.31. The number of urea groups is 1. The molecule has 168 valence electrons. The van der Waals surface area contributed by atoms with E-state index in [1.54, 1.807) is 0 Å². The Bertz CT molecular complexity index is 783. The van der Waals surface area contributed by atoms with E-state index >= 15 is 0 Å². The van der Waals surface area contributed by atoms with Gasteiger partial charge in [0.15, 0.2) is 0 Å². The molecule has 1 saturated heterocycles. The average molecular weight is 431 g/mol. The zero-order chi connectivity index (χ0) is 22.3. The van der Waals surface area contributed by atoms with E-state index in [0.29, 0.717) is 10.4 Å². The second-order valence-electron chi connectivity index (χ2n) is 8.76. The molecule has 0 aromatic heterocycles. The van der Waals surface area contributed by atoms with Crippen LogP contribution < -0.4 is 5.73 Å². The molecule has 2 aromatic rings. The van der Waals surface area contributed by atoms with Crippen LogP contribution in [-0.2, 0) is 12.8 Å². The molecule has 0 atom stereocenters. The molecule has 0 bridgehead atoms. The molecular weight excluding hydrogens is 396 g/mol. The fraction of sp³-hybridized carbons (Fsp3) is 0.480. The molecule has 0 spiro atoms. The standard InChI is InChI=1S/C25H33F2N3O/c1-2-30(25(28)31)16-14-29(15-17-30)13-3-4-22(18-20-5-9-23(26)10-6-20)19-21-7-11-24(27)12-8-21/h5-12,22H,2-4,13-19H2,1H3,(H-,28,31)/p+1. The monoisotopic (exact) mass is 430 g/mol. The number of primary amides is 1. The molecule has 1 fully saturated rings. The van der Waals surface area contributed by atoms with Gasteiger partial charge >= 0.3 is 6.03 Å². The molecule has 2 N–H and O–H groups in total. The summed E-state index contributed by atoms with van der Waals surface area (Å²) in [5.41, 5.74) is 7.88. The summed E-state index contributed by atoms with van der Waals surface area (Å²) >= 11 is 0. The van der Waals surface area contributed by atoms with Crippen molar-refractivity contribution in [1.82, 2.24) is 4.90 Å². The van der Waals surface area contributed by atoms with E-state index in [1.807, 2.05) is 31.2 Å². The third-order valence-electron chi connectivity index (χ3n) is 6.72. The number of piperazine rings is 1. The molecule has 4 nitrogen and oxygen atoms in total. The maximum atomic E-state index is 13.3. The van der Waals surface area contributed by atoms with E-state index in [4.69, 9.17) is 5.73 Å². The predicted molar refractivity (Wildman–Crippen MR) is 119 cm³/mol. The number of amides is 2. The third kappa shape index (κ3) is 6.58. The lowest BCUT2D eigenvalue weighted by molar-refractivity contribution is -0.852. The number of halogens is 2. The Kier molecular flexibility index (Phi) is 8.15. The number of nitrogens with two attached hydrogens (primary N) is 1. The molecule has 0 radical (unpaired) electrons. The van der Waals surface area contributed by atoms with Crippen LogP contribution >= 0.6 is 0 Å². The molecule has 1 heterocycles. The van der Waals surface area contributed by atoms with E-state index in [-0.39, 0.29) is 17.7 Å². The van der Waals surface area contributed by atoms with E-state index in [2.05, 4.69) is 4.90 Å². The van der Waals surface area contributed by atoms with Crippen LogP contribution in [0.1, 0.15) is 30.9 Å². The normalized spacial score (nSPS) is 16.5. The van der Waals surface area contributed by atoms with Gasteiger partial charge in [-0.2, -0.15) is 0 Å².